The highest BCUT2D eigenvalue weighted by molar-refractivity contribution is 6.35. The van der Waals surface area contributed by atoms with Gasteiger partial charge in [0, 0.05) is 27.5 Å². The molecule has 6 nitrogen and oxygen atoms in total. The van der Waals surface area contributed by atoms with Crippen molar-refractivity contribution in [2.24, 2.45) is 0 Å². The zero-order valence-corrected chi connectivity index (χ0v) is 22.3. The van der Waals surface area contributed by atoms with Crippen LogP contribution in [0.3, 0.4) is 0 Å². The highest BCUT2D eigenvalue weighted by Crippen LogP contribution is 2.43. The van der Waals surface area contributed by atoms with Crippen LogP contribution in [0.5, 0.6) is 0 Å². The number of hydrogen-bond donors (Lipinski definition) is 0. The highest BCUT2D eigenvalue weighted by atomic mass is 16.2. The normalized spacial score (nSPS) is 14.3. The maximum Gasteiger partial charge on any atom is 0.262 e. The topological polar surface area (TPSA) is 74.8 Å². The van der Waals surface area contributed by atoms with E-state index in [4.69, 9.17) is 0 Å². The lowest BCUT2D eigenvalue weighted by Crippen LogP contribution is -2.43. The monoisotopic (exact) mass is 536 g/mol. The molecular formula is C35H24N2O4. The number of carbonyl (C=O) groups is 4. The fourth-order valence-electron chi connectivity index (χ4n) is 5.85. The van der Waals surface area contributed by atoms with Crippen molar-refractivity contribution in [1.29, 1.82) is 0 Å². The number of nitrogens with zero attached hydrogens (tertiary/aromatic N) is 2. The number of hydrogen-bond acceptors (Lipinski definition) is 4. The molecule has 0 fully saturated rings. The Morgan fingerprint density at radius 2 is 0.976 bits per heavy atom. The van der Waals surface area contributed by atoms with Crippen molar-refractivity contribution in [3.8, 4) is 11.1 Å². The average Bonchev–Trinajstić information content (AvgIpc) is 3.00. The zero-order chi connectivity index (χ0) is 28.2. The van der Waals surface area contributed by atoms with Crippen molar-refractivity contribution in [3.05, 3.63) is 142 Å². The van der Waals surface area contributed by atoms with Gasteiger partial charge in [0.25, 0.3) is 23.6 Å². The number of benzene rings is 5. The molecule has 5 aromatic rings. The van der Waals surface area contributed by atoms with Crippen LogP contribution < -0.4 is 0 Å². The molecule has 2 heterocycles. The number of aryl methyl sites for hydroxylation is 1. The molecule has 41 heavy (non-hydrogen) atoms. The number of rotatable bonds is 5. The summed E-state index contributed by atoms with van der Waals surface area (Å²) >= 11 is 0. The Hall–Kier alpha value is -5.36. The molecule has 0 spiro atoms. The first-order valence-corrected chi connectivity index (χ1v) is 13.4. The zero-order valence-electron chi connectivity index (χ0n) is 22.3. The fourth-order valence-corrected chi connectivity index (χ4v) is 5.85. The van der Waals surface area contributed by atoms with Crippen molar-refractivity contribution in [1.82, 2.24) is 9.80 Å². The van der Waals surface area contributed by atoms with Crippen LogP contribution in [0.25, 0.3) is 21.9 Å². The minimum atomic E-state index is -0.449. The van der Waals surface area contributed by atoms with Crippen LogP contribution in [0.2, 0.25) is 0 Å². The van der Waals surface area contributed by atoms with Gasteiger partial charge in [0.15, 0.2) is 0 Å². The van der Waals surface area contributed by atoms with Crippen LogP contribution in [0.4, 0.5) is 0 Å². The summed E-state index contributed by atoms with van der Waals surface area (Å²) in [6.07, 6.45) is 0. The van der Waals surface area contributed by atoms with E-state index in [0.29, 0.717) is 38.6 Å². The summed E-state index contributed by atoms with van der Waals surface area (Å²) in [6.45, 7) is 2.20. The lowest BCUT2D eigenvalue weighted by Gasteiger charge is -2.33. The molecule has 0 unspecified atom stereocenters. The third-order valence-electron chi connectivity index (χ3n) is 7.90. The molecule has 0 radical (unpaired) electrons. The van der Waals surface area contributed by atoms with E-state index in [1.165, 1.54) is 9.80 Å². The van der Waals surface area contributed by atoms with E-state index in [2.05, 4.69) is 0 Å². The van der Waals surface area contributed by atoms with Gasteiger partial charge in [-0.2, -0.15) is 0 Å². The third-order valence-corrected chi connectivity index (χ3v) is 7.90. The van der Waals surface area contributed by atoms with Crippen molar-refractivity contribution < 1.29 is 19.2 Å². The van der Waals surface area contributed by atoms with Gasteiger partial charge in [0.1, 0.15) is 0 Å². The number of amides is 4. The predicted octanol–water partition coefficient (Wildman–Crippen LogP) is 6.41. The Morgan fingerprint density at radius 3 is 1.54 bits per heavy atom. The smallest absolute Gasteiger partial charge is 0.262 e. The first-order chi connectivity index (χ1) is 19.9. The standard InChI is InChI=1S/C35H24N2O4/c1-21-12-14-24(15-13-21)27-18-28-29-25(32(38)36(34(28)40)19-22-8-4-2-5-9-22)16-17-26-30(29)31(27)35(41)37(33(26)39)20-23-10-6-3-7-11-23/h2-18H,19-20H2,1H3. The van der Waals surface area contributed by atoms with Crippen LogP contribution >= 0.6 is 0 Å². The summed E-state index contributed by atoms with van der Waals surface area (Å²) in [4.78, 5) is 58.2. The maximum absolute atomic E-state index is 14.2. The van der Waals surface area contributed by atoms with Crippen LogP contribution in [-0.4, -0.2) is 33.4 Å². The fraction of sp³-hybridized carbons (Fsp3) is 0.0857. The SMILES string of the molecule is Cc1ccc(-c2cc3c4c(ccc5c4c2C(=O)N(Cc2ccccc2)C5=O)C(=O)N(Cc2ccccc2)C3=O)cc1. The summed E-state index contributed by atoms with van der Waals surface area (Å²) in [5.41, 5.74) is 5.26. The van der Waals surface area contributed by atoms with Gasteiger partial charge in [-0.1, -0.05) is 90.5 Å². The summed E-state index contributed by atoms with van der Waals surface area (Å²) in [5.74, 6) is -1.79. The Morgan fingerprint density at radius 1 is 0.488 bits per heavy atom. The van der Waals surface area contributed by atoms with E-state index >= 15 is 0 Å². The second-order valence-corrected chi connectivity index (χ2v) is 10.5. The van der Waals surface area contributed by atoms with Crippen LogP contribution in [0.15, 0.2) is 103 Å². The van der Waals surface area contributed by atoms with Crippen molar-refractivity contribution in [2.45, 2.75) is 20.0 Å². The van der Waals surface area contributed by atoms with Crippen LogP contribution in [0.1, 0.15) is 58.1 Å². The quantitative estimate of drug-likeness (QED) is 0.243. The van der Waals surface area contributed by atoms with E-state index in [0.717, 1.165) is 22.3 Å². The molecule has 0 N–H and O–H groups in total. The molecule has 0 atom stereocenters. The number of carbonyl (C=O) groups excluding carboxylic acids is 4. The van der Waals surface area contributed by atoms with Gasteiger partial charge >= 0.3 is 0 Å². The predicted molar refractivity (Wildman–Crippen MR) is 155 cm³/mol. The number of imide groups is 2. The summed E-state index contributed by atoms with van der Waals surface area (Å²) in [5, 5.41) is 0.740. The Bertz CT molecular complexity index is 1910. The van der Waals surface area contributed by atoms with Gasteiger partial charge in [0.2, 0.25) is 0 Å². The van der Waals surface area contributed by atoms with Gasteiger partial charge in [-0.3, -0.25) is 29.0 Å². The maximum atomic E-state index is 14.2. The lowest BCUT2D eigenvalue weighted by molar-refractivity contribution is 0.0577. The first-order valence-electron chi connectivity index (χ1n) is 13.4. The van der Waals surface area contributed by atoms with Crippen LogP contribution in [0, 0.1) is 6.92 Å². The third kappa shape index (κ3) is 3.87. The van der Waals surface area contributed by atoms with E-state index in [1.54, 1.807) is 18.2 Å². The Balaban J connectivity index is 1.47. The van der Waals surface area contributed by atoms with E-state index < -0.39 is 23.6 Å². The second kappa shape index (κ2) is 9.38. The molecule has 0 saturated heterocycles. The van der Waals surface area contributed by atoms with Gasteiger partial charge in [-0.15, -0.1) is 0 Å². The molecule has 2 aliphatic rings. The lowest BCUT2D eigenvalue weighted by atomic mass is 9.81. The van der Waals surface area contributed by atoms with Crippen molar-refractivity contribution in [3.63, 3.8) is 0 Å². The van der Waals surface area contributed by atoms with E-state index in [-0.39, 0.29) is 13.1 Å². The molecule has 6 heteroatoms. The van der Waals surface area contributed by atoms with E-state index in [9.17, 15) is 19.2 Å². The molecule has 0 aromatic heterocycles. The van der Waals surface area contributed by atoms with Crippen molar-refractivity contribution in [2.75, 3.05) is 0 Å². The largest absolute Gasteiger partial charge is 0.270 e. The van der Waals surface area contributed by atoms with Crippen LogP contribution in [-0.2, 0) is 13.1 Å². The first kappa shape index (κ1) is 24.7. The molecule has 0 saturated carbocycles. The molecule has 4 amide bonds. The Kier molecular flexibility index (Phi) is 5.64. The van der Waals surface area contributed by atoms with Gasteiger partial charge in [-0.05, 0) is 47.4 Å². The van der Waals surface area contributed by atoms with Crippen molar-refractivity contribution >= 4 is 34.4 Å². The molecule has 0 bridgehead atoms. The molecule has 7 rings (SSSR count). The Labute approximate surface area is 236 Å². The molecule has 198 valence electrons. The minimum Gasteiger partial charge on any atom is -0.270 e. The minimum absolute atomic E-state index is 0.110. The van der Waals surface area contributed by atoms with E-state index in [1.807, 2.05) is 91.9 Å². The van der Waals surface area contributed by atoms with Gasteiger partial charge in [-0.25, -0.2) is 0 Å². The molecular weight excluding hydrogens is 512 g/mol. The second-order valence-electron chi connectivity index (χ2n) is 10.5. The molecule has 5 aromatic carbocycles. The van der Waals surface area contributed by atoms with Gasteiger partial charge in [0.05, 0.1) is 18.7 Å². The summed E-state index contributed by atoms with van der Waals surface area (Å²) < 4.78 is 0. The molecule has 0 aliphatic carbocycles. The highest BCUT2D eigenvalue weighted by Gasteiger charge is 2.41. The van der Waals surface area contributed by atoms with Gasteiger partial charge < -0.3 is 0 Å². The summed E-state index contributed by atoms with van der Waals surface area (Å²) in [6, 6.07) is 31.4. The molecule has 2 aliphatic heterocycles. The average molecular weight is 537 g/mol. The summed E-state index contributed by atoms with van der Waals surface area (Å²) in [7, 11) is 0.